The number of hydrogen-bond acceptors (Lipinski definition) is 2. The van der Waals surface area contributed by atoms with E-state index in [1.807, 2.05) is 6.92 Å². The quantitative estimate of drug-likeness (QED) is 0.656. The molecular weight excluding hydrogens is 166 g/mol. The first kappa shape index (κ1) is 10.5. The first-order valence-electron chi connectivity index (χ1n) is 5.20. The summed E-state index contributed by atoms with van der Waals surface area (Å²) in [6.45, 7) is 4.42. The molecule has 3 heteroatoms. The van der Waals surface area contributed by atoms with Crippen LogP contribution in [-0.4, -0.2) is 25.7 Å². The maximum Gasteiger partial charge on any atom is 0.223 e. The highest BCUT2D eigenvalue weighted by Crippen LogP contribution is 2.16. The van der Waals surface area contributed by atoms with E-state index in [-0.39, 0.29) is 11.8 Å². The number of nitrogens with one attached hydrogen (secondary N) is 1. The fraction of sp³-hybridized carbons (Fsp3) is 0.900. The molecule has 0 aromatic heterocycles. The zero-order chi connectivity index (χ0) is 9.52. The molecule has 1 atom stereocenters. The molecule has 0 bridgehead atoms. The van der Waals surface area contributed by atoms with Gasteiger partial charge in [0.2, 0.25) is 5.91 Å². The molecule has 0 radical (unpaired) electrons. The first-order valence-corrected chi connectivity index (χ1v) is 5.20. The van der Waals surface area contributed by atoms with Crippen molar-refractivity contribution in [2.24, 2.45) is 5.92 Å². The molecule has 1 amide bonds. The standard InChI is InChI=1S/C10H19NO2/c1-2-13-8-4-6-9-5-3-7-11-10(9)12/h9H,2-8H2,1H3,(H,11,12). The lowest BCUT2D eigenvalue weighted by Crippen LogP contribution is -2.36. The van der Waals surface area contributed by atoms with Gasteiger partial charge in [-0.3, -0.25) is 4.79 Å². The Balaban J connectivity index is 2.08. The van der Waals surface area contributed by atoms with Gasteiger partial charge in [0.25, 0.3) is 0 Å². The predicted octanol–water partition coefficient (Wildman–Crippen LogP) is 1.33. The number of ether oxygens (including phenoxy) is 1. The number of rotatable bonds is 5. The summed E-state index contributed by atoms with van der Waals surface area (Å²) in [5.74, 6) is 0.483. The van der Waals surface area contributed by atoms with Gasteiger partial charge in [0, 0.05) is 25.7 Å². The molecule has 0 aromatic rings. The van der Waals surface area contributed by atoms with Crippen LogP contribution in [0.25, 0.3) is 0 Å². The summed E-state index contributed by atoms with van der Waals surface area (Å²) < 4.78 is 5.23. The Morgan fingerprint density at radius 1 is 1.62 bits per heavy atom. The van der Waals surface area contributed by atoms with Crippen molar-refractivity contribution < 1.29 is 9.53 Å². The van der Waals surface area contributed by atoms with Gasteiger partial charge >= 0.3 is 0 Å². The van der Waals surface area contributed by atoms with Gasteiger partial charge in [0.05, 0.1) is 0 Å². The van der Waals surface area contributed by atoms with Crippen molar-refractivity contribution in [3.8, 4) is 0 Å². The number of carbonyl (C=O) groups is 1. The first-order chi connectivity index (χ1) is 6.34. The third-order valence-electron chi connectivity index (χ3n) is 2.44. The van der Waals surface area contributed by atoms with Crippen LogP contribution < -0.4 is 5.32 Å². The molecule has 76 valence electrons. The molecular formula is C10H19NO2. The van der Waals surface area contributed by atoms with Crippen molar-refractivity contribution >= 4 is 5.91 Å². The van der Waals surface area contributed by atoms with E-state index in [4.69, 9.17) is 4.74 Å². The van der Waals surface area contributed by atoms with Gasteiger partial charge < -0.3 is 10.1 Å². The van der Waals surface area contributed by atoms with Gasteiger partial charge in [-0.25, -0.2) is 0 Å². The summed E-state index contributed by atoms with van der Waals surface area (Å²) in [6.07, 6.45) is 4.17. The average Bonchev–Trinajstić information content (AvgIpc) is 2.15. The molecule has 0 aromatic carbocycles. The number of piperidine rings is 1. The van der Waals surface area contributed by atoms with Gasteiger partial charge in [0.15, 0.2) is 0 Å². The molecule has 1 aliphatic rings. The average molecular weight is 185 g/mol. The fourth-order valence-corrected chi connectivity index (χ4v) is 1.69. The van der Waals surface area contributed by atoms with E-state index in [1.165, 1.54) is 0 Å². The highest BCUT2D eigenvalue weighted by atomic mass is 16.5. The second-order valence-electron chi connectivity index (χ2n) is 3.47. The number of carbonyl (C=O) groups excluding carboxylic acids is 1. The van der Waals surface area contributed by atoms with Gasteiger partial charge in [-0.15, -0.1) is 0 Å². The Morgan fingerprint density at radius 3 is 3.15 bits per heavy atom. The fourth-order valence-electron chi connectivity index (χ4n) is 1.69. The smallest absolute Gasteiger partial charge is 0.223 e. The van der Waals surface area contributed by atoms with Gasteiger partial charge in [0.1, 0.15) is 0 Å². The molecule has 13 heavy (non-hydrogen) atoms. The Hall–Kier alpha value is -0.570. The van der Waals surface area contributed by atoms with Gasteiger partial charge in [-0.2, -0.15) is 0 Å². The molecule has 1 aliphatic heterocycles. The van der Waals surface area contributed by atoms with Crippen molar-refractivity contribution in [1.29, 1.82) is 0 Å². The third kappa shape index (κ3) is 3.77. The van der Waals surface area contributed by atoms with Crippen molar-refractivity contribution in [3.63, 3.8) is 0 Å². The topological polar surface area (TPSA) is 38.3 Å². The normalized spacial score (nSPS) is 22.8. The monoisotopic (exact) mass is 185 g/mol. The third-order valence-corrected chi connectivity index (χ3v) is 2.44. The summed E-state index contributed by atoms with van der Waals surface area (Å²) in [5.41, 5.74) is 0. The van der Waals surface area contributed by atoms with Crippen LogP contribution in [0.1, 0.15) is 32.6 Å². The molecule has 1 saturated heterocycles. The molecule has 1 N–H and O–H groups in total. The Bertz CT molecular complexity index is 159. The second kappa shape index (κ2) is 5.97. The van der Waals surface area contributed by atoms with Crippen molar-refractivity contribution in [2.75, 3.05) is 19.8 Å². The Kier molecular flexibility index (Phi) is 4.83. The van der Waals surface area contributed by atoms with Crippen LogP contribution in [0.15, 0.2) is 0 Å². The minimum atomic E-state index is 0.239. The zero-order valence-corrected chi connectivity index (χ0v) is 8.34. The molecule has 1 heterocycles. The largest absolute Gasteiger partial charge is 0.382 e. The van der Waals surface area contributed by atoms with E-state index in [0.29, 0.717) is 0 Å². The summed E-state index contributed by atoms with van der Waals surface area (Å²) in [4.78, 5) is 11.3. The SMILES string of the molecule is CCOCCCC1CCCNC1=O. The highest BCUT2D eigenvalue weighted by molar-refractivity contribution is 5.79. The Morgan fingerprint density at radius 2 is 2.46 bits per heavy atom. The van der Waals surface area contributed by atoms with Crippen LogP contribution in [0.4, 0.5) is 0 Å². The number of amides is 1. The molecule has 0 saturated carbocycles. The summed E-state index contributed by atoms with van der Waals surface area (Å²) in [5, 5.41) is 2.89. The van der Waals surface area contributed by atoms with E-state index >= 15 is 0 Å². The summed E-state index contributed by atoms with van der Waals surface area (Å²) in [6, 6.07) is 0. The van der Waals surface area contributed by atoms with E-state index in [9.17, 15) is 4.79 Å². The van der Waals surface area contributed by atoms with Gasteiger partial charge in [-0.1, -0.05) is 0 Å². The molecule has 1 rings (SSSR count). The van der Waals surface area contributed by atoms with Crippen LogP contribution in [0, 0.1) is 5.92 Å². The molecule has 0 spiro atoms. The zero-order valence-electron chi connectivity index (χ0n) is 8.34. The van der Waals surface area contributed by atoms with Crippen LogP contribution in [0.5, 0.6) is 0 Å². The summed E-state index contributed by atoms with van der Waals surface area (Å²) in [7, 11) is 0. The van der Waals surface area contributed by atoms with E-state index in [1.54, 1.807) is 0 Å². The lowest BCUT2D eigenvalue weighted by molar-refractivity contribution is -0.126. The lowest BCUT2D eigenvalue weighted by atomic mass is 9.94. The van der Waals surface area contributed by atoms with Crippen LogP contribution in [0.2, 0.25) is 0 Å². The second-order valence-corrected chi connectivity index (χ2v) is 3.47. The molecule has 1 fully saturated rings. The minimum absolute atomic E-state index is 0.239. The molecule has 0 aliphatic carbocycles. The minimum Gasteiger partial charge on any atom is -0.382 e. The van der Waals surface area contributed by atoms with Gasteiger partial charge in [-0.05, 0) is 32.6 Å². The van der Waals surface area contributed by atoms with Crippen molar-refractivity contribution in [2.45, 2.75) is 32.6 Å². The Labute approximate surface area is 79.8 Å². The number of hydrogen-bond donors (Lipinski definition) is 1. The van der Waals surface area contributed by atoms with Crippen LogP contribution in [-0.2, 0) is 9.53 Å². The predicted molar refractivity (Wildman–Crippen MR) is 51.5 cm³/mol. The lowest BCUT2D eigenvalue weighted by Gasteiger charge is -2.21. The van der Waals surface area contributed by atoms with Crippen LogP contribution >= 0.6 is 0 Å². The van der Waals surface area contributed by atoms with E-state index in [2.05, 4.69) is 5.32 Å². The van der Waals surface area contributed by atoms with Crippen molar-refractivity contribution in [3.05, 3.63) is 0 Å². The highest BCUT2D eigenvalue weighted by Gasteiger charge is 2.20. The molecule has 1 unspecified atom stereocenters. The van der Waals surface area contributed by atoms with Crippen molar-refractivity contribution in [1.82, 2.24) is 5.32 Å². The van der Waals surface area contributed by atoms with E-state index < -0.39 is 0 Å². The maximum absolute atomic E-state index is 11.3. The van der Waals surface area contributed by atoms with E-state index in [0.717, 1.165) is 45.4 Å². The maximum atomic E-state index is 11.3. The summed E-state index contributed by atoms with van der Waals surface area (Å²) >= 11 is 0. The molecule has 3 nitrogen and oxygen atoms in total. The van der Waals surface area contributed by atoms with Crippen LogP contribution in [0.3, 0.4) is 0 Å².